The Hall–Kier alpha value is -1.30. The molecule has 108 valence electrons. The molecule has 2 aliphatic rings. The molecule has 0 unspecified atom stereocenters. The molecule has 6 nitrogen and oxygen atoms in total. The summed E-state index contributed by atoms with van der Waals surface area (Å²) >= 11 is 0. The zero-order valence-corrected chi connectivity index (χ0v) is 11.5. The maximum absolute atomic E-state index is 12.5. The Balaban J connectivity index is 2.00. The molecule has 0 aromatic heterocycles. The summed E-state index contributed by atoms with van der Waals surface area (Å²) in [6.45, 7) is 2.68. The van der Waals surface area contributed by atoms with E-state index in [-0.39, 0.29) is 17.8 Å². The van der Waals surface area contributed by atoms with E-state index in [1.807, 2.05) is 0 Å². The predicted molar refractivity (Wildman–Crippen MR) is 70.6 cm³/mol. The van der Waals surface area contributed by atoms with Crippen molar-refractivity contribution in [3.63, 3.8) is 0 Å². The number of amidine groups is 1. The van der Waals surface area contributed by atoms with Crippen molar-refractivity contribution in [2.45, 2.75) is 38.7 Å². The minimum atomic E-state index is -0.814. The van der Waals surface area contributed by atoms with Gasteiger partial charge in [0.2, 0.25) is 5.91 Å². The highest BCUT2D eigenvalue weighted by Gasteiger charge is 2.53. The van der Waals surface area contributed by atoms with Crippen LogP contribution in [0.25, 0.3) is 0 Å². The van der Waals surface area contributed by atoms with E-state index in [1.54, 1.807) is 11.9 Å². The largest absolute Gasteiger partial charge is 0.409 e. The second-order valence-electron chi connectivity index (χ2n) is 6.26. The van der Waals surface area contributed by atoms with Gasteiger partial charge in [0.15, 0.2) is 5.84 Å². The highest BCUT2D eigenvalue weighted by atomic mass is 16.4. The first-order valence-corrected chi connectivity index (χ1v) is 6.80. The fourth-order valence-electron chi connectivity index (χ4n) is 3.40. The van der Waals surface area contributed by atoms with E-state index in [0.717, 1.165) is 12.8 Å². The second kappa shape index (κ2) is 5.00. The number of nitrogens with two attached hydrogens (primary N) is 1. The minimum Gasteiger partial charge on any atom is -0.409 e. The summed E-state index contributed by atoms with van der Waals surface area (Å²) in [5, 5.41) is 21.2. The molecule has 0 saturated heterocycles. The topological polar surface area (TPSA) is 99.2 Å². The predicted octanol–water partition coefficient (Wildman–Crippen LogP) is 0.378. The van der Waals surface area contributed by atoms with E-state index in [1.165, 1.54) is 0 Å². The number of carbonyl (C=O) groups excluding carboxylic acids is 1. The Labute approximate surface area is 113 Å². The highest BCUT2D eigenvalue weighted by Crippen LogP contribution is 2.47. The maximum atomic E-state index is 12.5. The number of carbonyl (C=O) groups is 1. The number of aliphatic hydroxyl groups excluding tert-OH is 1. The standard InChI is InChI=1S/C13H23N3O3/c1-8-5-13(6-8,11(14)15-19)12(18)16(2)7-9-3-10(17)4-9/h8-10,17,19H,3-7H2,1-2H3,(H2,14,15). The first-order valence-electron chi connectivity index (χ1n) is 6.80. The highest BCUT2D eigenvalue weighted by molar-refractivity contribution is 6.07. The summed E-state index contributed by atoms with van der Waals surface area (Å²) < 4.78 is 0. The van der Waals surface area contributed by atoms with Gasteiger partial charge in [0.1, 0.15) is 5.41 Å². The molecule has 4 N–H and O–H groups in total. The molecule has 0 radical (unpaired) electrons. The molecule has 2 saturated carbocycles. The number of aliphatic hydroxyl groups is 1. The van der Waals surface area contributed by atoms with Gasteiger partial charge in [0.25, 0.3) is 0 Å². The molecule has 0 heterocycles. The zero-order chi connectivity index (χ0) is 14.2. The van der Waals surface area contributed by atoms with E-state index in [4.69, 9.17) is 10.9 Å². The Morgan fingerprint density at radius 1 is 1.47 bits per heavy atom. The summed E-state index contributed by atoms with van der Waals surface area (Å²) in [6.07, 6.45) is 2.57. The Morgan fingerprint density at radius 3 is 2.47 bits per heavy atom. The molecule has 0 spiro atoms. The quantitative estimate of drug-likeness (QED) is 0.297. The number of hydrogen-bond donors (Lipinski definition) is 3. The van der Waals surface area contributed by atoms with Crippen molar-refractivity contribution in [2.75, 3.05) is 13.6 Å². The van der Waals surface area contributed by atoms with Gasteiger partial charge in [-0.1, -0.05) is 12.1 Å². The van der Waals surface area contributed by atoms with E-state index >= 15 is 0 Å². The molecule has 2 aliphatic carbocycles. The van der Waals surface area contributed by atoms with Crippen LogP contribution in [-0.2, 0) is 4.79 Å². The van der Waals surface area contributed by atoms with Crippen LogP contribution in [0.4, 0.5) is 0 Å². The van der Waals surface area contributed by atoms with Gasteiger partial charge >= 0.3 is 0 Å². The minimum absolute atomic E-state index is 0.0242. The lowest BCUT2D eigenvalue weighted by Gasteiger charge is -2.46. The Kier molecular flexibility index (Phi) is 3.71. The summed E-state index contributed by atoms with van der Waals surface area (Å²) in [7, 11) is 1.75. The third-order valence-electron chi connectivity index (χ3n) is 4.49. The summed E-state index contributed by atoms with van der Waals surface area (Å²) in [5.74, 6) is 0.743. The van der Waals surface area contributed by atoms with Gasteiger partial charge in [-0.2, -0.15) is 0 Å². The van der Waals surface area contributed by atoms with Gasteiger partial charge < -0.3 is 20.9 Å². The summed E-state index contributed by atoms with van der Waals surface area (Å²) in [5.41, 5.74) is 4.91. The average Bonchev–Trinajstić information content (AvgIpc) is 2.30. The monoisotopic (exact) mass is 269 g/mol. The normalized spacial score (nSPS) is 38.3. The smallest absolute Gasteiger partial charge is 0.236 e. The maximum Gasteiger partial charge on any atom is 0.236 e. The molecule has 0 bridgehead atoms. The van der Waals surface area contributed by atoms with Crippen LogP contribution in [0.2, 0.25) is 0 Å². The van der Waals surface area contributed by atoms with E-state index in [0.29, 0.717) is 31.2 Å². The van der Waals surface area contributed by atoms with Crippen LogP contribution >= 0.6 is 0 Å². The van der Waals surface area contributed by atoms with Crippen molar-refractivity contribution in [3.8, 4) is 0 Å². The van der Waals surface area contributed by atoms with Crippen LogP contribution in [0.3, 0.4) is 0 Å². The van der Waals surface area contributed by atoms with E-state index < -0.39 is 5.41 Å². The molecule has 19 heavy (non-hydrogen) atoms. The Bertz CT molecular complexity index is 385. The second-order valence-corrected chi connectivity index (χ2v) is 6.26. The SMILES string of the molecule is CC1CC(C(=O)N(C)CC2CC(O)C2)(C(N)=NO)C1. The number of nitrogens with zero attached hydrogens (tertiary/aromatic N) is 2. The molecule has 0 aromatic carbocycles. The first kappa shape index (κ1) is 14.1. The fraction of sp³-hybridized carbons (Fsp3) is 0.846. The molecule has 0 aromatic rings. The molecular weight excluding hydrogens is 246 g/mol. The summed E-state index contributed by atoms with van der Waals surface area (Å²) in [4.78, 5) is 14.2. The van der Waals surface area contributed by atoms with Crippen LogP contribution in [0.15, 0.2) is 5.16 Å². The number of oxime groups is 1. The number of rotatable bonds is 4. The molecular formula is C13H23N3O3. The third-order valence-corrected chi connectivity index (χ3v) is 4.49. The van der Waals surface area contributed by atoms with Crippen LogP contribution in [-0.4, -0.2) is 46.7 Å². The van der Waals surface area contributed by atoms with Crippen molar-refractivity contribution in [2.24, 2.45) is 28.1 Å². The lowest BCUT2D eigenvalue weighted by molar-refractivity contribution is -0.144. The van der Waals surface area contributed by atoms with Crippen molar-refractivity contribution >= 4 is 11.7 Å². The van der Waals surface area contributed by atoms with Crippen LogP contribution < -0.4 is 5.73 Å². The van der Waals surface area contributed by atoms with Crippen LogP contribution in [0.5, 0.6) is 0 Å². The van der Waals surface area contributed by atoms with Crippen molar-refractivity contribution in [3.05, 3.63) is 0 Å². The van der Waals surface area contributed by atoms with Crippen LogP contribution in [0.1, 0.15) is 32.6 Å². The van der Waals surface area contributed by atoms with Gasteiger partial charge in [-0.25, -0.2) is 0 Å². The third kappa shape index (κ3) is 2.41. The van der Waals surface area contributed by atoms with Gasteiger partial charge in [-0.05, 0) is 37.5 Å². The lowest BCUT2D eigenvalue weighted by atomic mass is 9.61. The number of hydrogen-bond acceptors (Lipinski definition) is 4. The van der Waals surface area contributed by atoms with Crippen molar-refractivity contribution < 1.29 is 15.1 Å². The summed E-state index contributed by atoms with van der Waals surface area (Å²) in [6, 6.07) is 0. The van der Waals surface area contributed by atoms with Gasteiger partial charge in [-0.15, -0.1) is 0 Å². The van der Waals surface area contributed by atoms with Crippen LogP contribution in [0, 0.1) is 17.3 Å². The number of amides is 1. The molecule has 0 aliphatic heterocycles. The van der Waals surface area contributed by atoms with Gasteiger partial charge in [0, 0.05) is 13.6 Å². The van der Waals surface area contributed by atoms with E-state index in [9.17, 15) is 9.90 Å². The van der Waals surface area contributed by atoms with E-state index in [2.05, 4.69) is 12.1 Å². The molecule has 2 fully saturated rings. The molecule has 2 rings (SSSR count). The average molecular weight is 269 g/mol. The fourth-order valence-corrected chi connectivity index (χ4v) is 3.40. The van der Waals surface area contributed by atoms with Crippen molar-refractivity contribution in [1.82, 2.24) is 4.90 Å². The van der Waals surface area contributed by atoms with Gasteiger partial charge in [-0.3, -0.25) is 4.79 Å². The molecule has 1 amide bonds. The molecule has 6 heteroatoms. The molecule has 0 atom stereocenters. The lowest BCUT2D eigenvalue weighted by Crippen LogP contribution is -2.58. The zero-order valence-electron chi connectivity index (χ0n) is 11.5. The Morgan fingerprint density at radius 2 is 2.05 bits per heavy atom. The van der Waals surface area contributed by atoms with Gasteiger partial charge in [0.05, 0.1) is 6.10 Å². The van der Waals surface area contributed by atoms with Crippen molar-refractivity contribution in [1.29, 1.82) is 0 Å². The first-order chi connectivity index (χ1) is 8.89.